The van der Waals surface area contributed by atoms with Crippen molar-refractivity contribution >= 4 is 32.9 Å². The third-order valence-electron chi connectivity index (χ3n) is 2.00. The molecule has 0 radical (unpaired) electrons. The van der Waals surface area contributed by atoms with Gasteiger partial charge in [-0.1, -0.05) is 17.8 Å². The lowest BCUT2D eigenvalue weighted by atomic mass is 10.5. The summed E-state index contributed by atoms with van der Waals surface area (Å²) in [6.07, 6.45) is 1.17. The maximum Gasteiger partial charge on any atom is 0.192 e. The second kappa shape index (κ2) is 4.80. The average Bonchev–Trinajstić information content (AvgIpc) is 2.63. The van der Waals surface area contributed by atoms with Crippen LogP contribution in [0.1, 0.15) is 4.88 Å². The molecule has 0 amide bonds. The Balaban J connectivity index is 2.28. The molecule has 0 fully saturated rings. The number of pyridine rings is 1. The molecular weight excluding hydrogens is 274 g/mol. The third-order valence-corrected chi connectivity index (χ3v) is 5.06. The quantitative estimate of drug-likeness (QED) is 0.869. The van der Waals surface area contributed by atoms with Crippen LogP contribution in [0.25, 0.3) is 0 Å². The minimum absolute atomic E-state index is 0.121. The molecule has 0 aliphatic heterocycles. The van der Waals surface area contributed by atoms with Crippen molar-refractivity contribution in [1.82, 2.24) is 4.98 Å². The van der Waals surface area contributed by atoms with Crippen LogP contribution < -0.4 is 0 Å². The summed E-state index contributed by atoms with van der Waals surface area (Å²) in [6, 6.07) is 9.09. The van der Waals surface area contributed by atoms with Crippen molar-refractivity contribution in [3.05, 3.63) is 35.2 Å². The molecule has 90 valence electrons. The summed E-state index contributed by atoms with van der Waals surface area (Å²) in [7, 11) is -3.23. The molecule has 2 heterocycles. The van der Waals surface area contributed by atoms with E-state index in [1.54, 1.807) is 17.4 Å². The molecule has 0 saturated carbocycles. The Morgan fingerprint density at radius 3 is 2.59 bits per heavy atom. The Morgan fingerprint density at radius 1 is 1.24 bits per heavy atom. The molecule has 0 aliphatic rings. The maximum atomic E-state index is 11.4. The van der Waals surface area contributed by atoms with E-state index in [0.717, 1.165) is 4.21 Å². The van der Waals surface area contributed by atoms with Gasteiger partial charge in [0.25, 0.3) is 0 Å². The fourth-order valence-corrected chi connectivity index (χ4v) is 3.92. The van der Waals surface area contributed by atoms with Gasteiger partial charge in [0, 0.05) is 11.1 Å². The van der Waals surface area contributed by atoms with Crippen LogP contribution in [0.4, 0.5) is 0 Å². The van der Waals surface area contributed by atoms with E-state index >= 15 is 0 Å². The molecule has 0 spiro atoms. The average molecular weight is 285 g/mol. The molecule has 2 aromatic rings. The van der Waals surface area contributed by atoms with Gasteiger partial charge < -0.3 is 0 Å². The third kappa shape index (κ3) is 3.31. The molecule has 17 heavy (non-hydrogen) atoms. The highest BCUT2D eigenvalue weighted by Crippen LogP contribution is 2.32. The minimum Gasteiger partial charge on any atom is -0.230 e. The Hall–Kier alpha value is -0.850. The molecule has 3 nitrogen and oxygen atoms in total. The van der Waals surface area contributed by atoms with Crippen LogP contribution in [0.2, 0.25) is 0 Å². The summed E-state index contributed by atoms with van der Waals surface area (Å²) in [6.45, 7) is 2.04. The largest absolute Gasteiger partial charge is 0.230 e. The normalized spacial score (nSPS) is 11.6. The Labute approximate surface area is 109 Å². The lowest BCUT2D eigenvalue weighted by Gasteiger charge is -2.00. The van der Waals surface area contributed by atoms with Crippen LogP contribution >= 0.6 is 23.1 Å². The maximum absolute atomic E-state index is 11.4. The summed E-state index contributed by atoms with van der Waals surface area (Å²) in [5, 5.41) is 0.825. The van der Waals surface area contributed by atoms with Crippen molar-refractivity contribution in [3.63, 3.8) is 0 Å². The van der Waals surface area contributed by atoms with E-state index in [-0.39, 0.29) is 5.03 Å². The van der Waals surface area contributed by atoms with Crippen molar-refractivity contribution in [1.29, 1.82) is 0 Å². The lowest BCUT2D eigenvalue weighted by molar-refractivity contribution is 0.597. The van der Waals surface area contributed by atoms with Crippen LogP contribution in [-0.4, -0.2) is 19.7 Å². The van der Waals surface area contributed by atoms with Gasteiger partial charge in [-0.25, -0.2) is 13.4 Å². The van der Waals surface area contributed by atoms with E-state index in [2.05, 4.69) is 4.98 Å². The van der Waals surface area contributed by atoms with Crippen molar-refractivity contribution in [3.8, 4) is 0 Å². The first kappa shape index (κ1) is 12.6. The molecule has 0 bridgehead atoms. The van der Waals surface area contributed by atoms with E-state index < -0.39 is 9.84 Å². The second-order valence-corrected chi connectivity index (χ2v) is 8.12. The molecule has 0 N–H and O–H groups in total. The summed E-state index contributed by atoms with van der Waals surface area (Å²) >= 11 is 3.15. The molecule has 2 aromatic heterocycles. The number of thiophene rings is 1. The van der Waals surface area contributed by atoms with E-state index in [1.807, 2.05) is 25.1 Å². The molecule has 0 atom stereocenters. The van der Waals surface area contributed by atoms with Gasteiger partial charge in [0.15, 0.2) is 14.9 Å². The van der Waals surface area contributed by atoms with Crippen molar-refractivity contribution < 1.29 is 8.42 Å². The molecular formula is C11H11NO2S3. The topological polar surface area (TPSA) is 47.0 Å². The van der Waals surface area contributed by atoms with Crippen LogP contribution in [0.3, 0.4) is 0 Å². The first-order valence-corrected chi connectivity index (χ1v) is 8.39. The predicted molar refractivity (Wildman–Crippen MR) is 70.5 cm³/mol. The van der Waals surface area contributed by atoms with Gasteiger partial charge in [-0.3, -0.25) is 0 Å². The number of rotatable bonds is 3. The molecule has 2 rings (SSSR count). The zero-order valence-corrected chi connectivity index (χ0v) is 11.8. The summed E-state index contributed by atoms with van der Waals surface area (Å²) in [4.78, 5) is 5.36. The number of hydrogen-bond donors (Lipinski definition) is 0. The minimum atomic E-state index is -3.23. The van der Waals surface area contributed by atoms with Gasteiger partial charge >= 0.3 is 0 Å². The van der Waals surface area contributed by atoms with Crippen LogP contribution in [0, 0.1) is 6.92 Å². The zero-order chi connectivity index (χ0) is 12.5. The first-order valence-electron chi connectivity index (χ1n) is 4.86. The first-order chi connectivity index (χ1) is 7.95. The highest BCUT2D eigenvalue weighted by Gasteiger charge is 2.10. The molecule has 0 unspecified atom stereocenters. The molecule has 0 aromatic carbocycles. The highest BCUT2D eigenvalue weighted by molar-refractivity contribution is 8.01. The highest BCUT2D eigenvalue weighted by atomic mass is 32.2. The smallest absolute Gasteiger partial charge is 0.192 e. The molecule has 0 saturated heterocycles. The van der Waals surface area contributed by atoms with Crippen molar-refractivity contribution in [2.24, 2.45) is 0 Å². The monoisotopic (exact) mass is 285 g/mol. The summed E-state index contributed by atoms with van der Waals surface area (Å²) < 4.78 is 23.9. The van der Waals surface area contributed by atoms with Gasteiger partial charge in [-0.05, 0) is 31.2 Å². The second-order valence-electron chi connectivity index (χ2n) is 3.55. The number of nitrogens with zero attached hydrogens (tertiary/aromatic N) is 1. The van der Waals surface area contributed by atoms with E-state index in [9.17, 15) is 8.42 Å². The number of aromatic nitrogens is 1. The van der Waals surface area contributed by atoms with Crippen LogP contribution in [0.15, 0.2) is 44.6 Å². The predicted octanol–water partition coefficient (Wildman–Crippen LogP) is 3.01. The molecule has 0 aliphatic carbocycles. The van der Waals surface area contributed by atoms with Gasteiger partial charge in [0.1, 0.15) is 5.03 Å². The zero-order valence-electron chi connectivity index (χ0n) is 9.38. The summed E-state index contributed by atoms with van der Waals surface area (Å²) in [5.74, 6) is 0. The van der Waals surface area contributed by atoms with E-state index in [1.165, 1.54) is 29.0 Å². The Bertz CT molecular complexity index is 632. The number of sulfone groups is 1. The Kier molecular flexibility index (Phi) is 3.56. The van der Waals surface area contributed by atoms with Crippen LogP contribution in [0.5, 0.6) is 0 Å². The van der Waals surface area contributed by atoms with Gasteiger partial charge in [-0.2, -0.15) is 0 Å². The molecule has 6 heteroatoms. The Morgan fingerprint density at radius 2 is 2.00 bits per heavy atom. The number of hydrogen-bond acceptors (Lipinski definition) is 5. The van der Waals surface area contributed by atoms with Gasteiger partial charge in [0.2, 0.25) is 0 Å². The standard InChI is InChI=1S/C11H11NO2S3/c1-8-6-7-11(15-8)16-9-4-3-5-10(12-9)17(2,13)14/h3-7H,1-2H3. The van der Waals surface area contributed by atoms with Crippen LogP contribution in [-0.2, 0) is 9.84 Å². The SMILES string of the molecule is Cc1ccc(Sc2cccc(S(C)(=O)=O)n2)s1. The lowest BCUT2D eigenvalue weighted by Crippen LogP contribution is -2.00. The fraction of sp³-hybridized carbons (Fsp3) is 0.182. The van der Waals surface area contributed by atoms with Crippen molar-refractivity contribution in [2.45, 2.75) is 21.2 Å². The van der Waals surface area contributed by atoms with Gasteiger partial charge in [-0.15, -0.1) is 11.3 Å². The number of aryl methyl sites for hydroxylation is 1. The van der Waals surface area contributed by atoms with E-state index in [4.69, 9.17) is 0 Å². The van der Waals surface area contributed by atoms with Crippen molar-refractivity contribution in [2.75, 3.05) is 6.26 Å². The fourth-order valence-electron chi connectivity index (χ4n) is 1.23. The van der Waals surface area contributed by atoms with E-state index in [0.29, 0.717) is 5.03 Å². The summed E-state index contributed by atoms with van der Waals surface area (Å²) in [5.41, 5.74) is 0. The van der Waals surface area contributed by atoms with Gasteiger partial charge in [0.05, 0.1) is 4.21 Å².